The average Bonchev–Trinajstić information content (AvgIpc) is 3.08. The lowest BCUT2D eigenvalue weighted by Crippen LogP contribution is -2.44. The van der Waals surface area contributed by atoms with Crippen molar-refractivity contribution in [3.63, 3.8) is 0 Å². The number of esters is 1. The van der Waals surface area contributed by atoms with Gasteiger partial charge in [-0.1, -0.05) is 6.58 Å². The van der Waals surface area contributed by atoms with Gasteiger partial charge in [-0.3, -0.25) is 14.9 Å². The van der Waals surface area contributed by atoms with E-state index in [0.29, 0.717) is 19.4 Å². The molecule has 1 aliphatic rings. The van der Waals surface area contributed by atoms with E-state index in [0.717, 1.165) is 0 Å². The van der Waals surface area contributed by atoms with Crippen molar-refractivity contribution < 1.29 is 24.4 Å². The Morgan fingerprint density at radius 2 is 2.04 bits per heavy atom. The summed E-state index contributed by atoms with van der Waals surface area (Å²) in [6, 6.07) is 4.66. The van der Waals surface area contributed by atoms with E-state index < -0.39 is 23.0 Å². The number of non-ortho nitro benzene ring substituents is 1. The lowest BCUT2D eigenvalue weighted by Gasteiger charge is -2.29. The lowest BCUT2D eigenvalue weighted by molar-refractivity contribution is -0.384. The third-order valence-corrected chi connectivity index (χ3v) is 4.05. The SMILES string of the molecule is C=C(C(=O)OC)[C@@H](O)[C@@H]1CCCN1C(=O)c1ccc([N+](=O)[O-])cc1. The van der Waals surface area contributed by atoms with Crippen LogP contribution in [0.15, 0.2) is 36.4 Å². The average molecular weight is 334 g/mol. The van der Waals surface area contributed by atoms with E-state index in [1.165, 1.54) is 36.3 Å². The number of carbonyl (C=O) groups is 2. The number of amides is 1. The molecule has 0 aromatic heterocycles. The third-order valence-electron chi connectivity index (χ3n) is 4.05. The second-order valence-corrected chi connectivity index (χ2v) is 5.47. The Kier molecular flexibility index (Phi) is 5.30. The maximum absolute atomic E-state index is 12.6. The Hall–Kier alpha value is -2.74. The minimum absolute atomic E-state index is 0.106. The van der Waals surface area contributed by atoms with Crippen LogP contribution in [0.5, 0.6) is 0 Å². The monoisotopic (exact) mass is 334 g/mol. The molecule has 128 valence electrons. The van der Waals surface area contributed by atoms with Gasteiger partial charge >= 0.3 is 5.97 Å². The number of methoxy groups -OCH3 is 1. The third kappa shape index (κ3) is 3.43. The van der Waals surface area contributed by atoms with E-state index in [2.05, 4.69) is 11.3 Å². The molecule has 8 nitrogen and oxygen atoms in total. The fraction of sp³-hybridized carbons (Fsp3) is 0.375. The van der Waals surface area contributed by atoms with Crippen LogP contribution in [0.25, 0.3) is 0 Å². The van der Waals surface area contributed by atoms with Gasteiger partial charge in [0.15, 0.2) is 0 Å². The van der Waals surface area contributed by atoms with Crippen molar-refractivity contribution >= 4 is 17.6 Å². The minimum Gasteiger partial charge on any atom is -0.466 e. The highest BCUT2D eigenvalue weighted by molar-refractivity contribution is 5.95. The van der Waals surface area contributed by atoms with E-state index in [9.17, 15) is 24.8 Å². The Bertz CT molecular complexity index is 670. The summed E-state index contributed by atoms with van der Waals surface area (Å²) < 4.78 is 4.54. The molecule has 1 fully saturated rings. The molecular weight excluding hydrogens is 316 g/mol. The van der Waals surface area contributed by atoms with Crippen LogP contribution in [0.4, 0.5) is 5.69 Å². The van der Waals surface area contributed by atoms with Crippen molar-refractivity contribution in [2.45, 2.75) is 25.0 Å². The second kappa shape index (κ2) is 7.22. The van der Waals surface area contributed by atoms with Gasteiger partial charge in [-0.15, -0.1) is 0 Å². The summed E-state index contributed by atoms with van der Waals surface area (Å²) >= 11 is 0. The standard InChI is InChI=1S/C16H18N2O6/c1-10(16(21)24-2)14(19)13-4-3-9-17(13)15(20)11-5-7-12(8-6-11)18(22)23/h5-8,13-14,19H,1,3-4,9H2,2H3/t13-,14+/m0/s1. The van der Waals surface area contributed by atoms with Gasteiger partial charge in [-0.25, -0.2) is 4.79 Å². The molecule has 1 amide bonds. The molecule has 0 spiro atoms. The van der Waals surface area contributed by atoms with Crippen molar-refractivity contribution in [2.75, 3.05) is 13.7 Å². The molecule has 2 atom stereocenters. The first-order chi connectivity index (χ1) is 11.4. The number of rotatable bonds is 5. The van der Waals surface area contributed by atoms with Gasteiger partial charge in [-0.2, -0.15) is 0 Å². The first-order valence-electron chi connectivity index (χ1n) is 7.37. The summed E-state index contributed by atoms with van der Waals surface area (Å²) in [6.45, 7) is 3.95. The van der Waals surface area contributed by atoms with Crippen LogP contribution in [-0.2, 0) is 9.53 Å². The molecular formula is C16H18N2O6. The molecule has 0 radical (unpaired) electrons. The molecule has 0 bridgehead atoms. The number of likely N-dealkylation sites (tertiary alicyclic amines) is 1. The number of carbonyl (C=O) groups excluding carboxylic acids is 2. The molecule has 1 aliphatic heterocycles. The molecule has 0 unspecified atom stereocenters. The fourth-order valence-corrected chi connectivity index (χ4v) is 2.75. The Morgan fingerprint density at radius 3 is 2.58 bits per heavy atom. The van der Waals surface area contributed by atoms with Gasteiger partial charge in [0.2, 0.25) is 0 Å². The highest BCUT2D eigenvalue weighted by Gasteiger charge is 2.37. The summed E-state index contributed by atoms with van der Waals surface area (Å²) in [6.07, 6.45) is -0.0212. The van der Waals surface area contributed by atoms with Crippen LogP contribution in [0.2, 0.25) is 0 Å². The van der Waals surface area contributed by atoms with Gasteiger partial charge < -0.3 is 14.7 Å². The molecule has 8 heteroatoms. The molecule has 24 heavy (non-hydrogen) atoms. The van der Waals surface area contributed by atoms with Crippen molar-refractivity contribution in [2.24, 2.45) is 0 Å². The van der Waals surface area contributed by atoms with E-state index >= 15 is 0 Å². The molecule has 1 saturated heterocycles. The molecule has 1 aromatic carbocycles. The Morgan fingerprint density at radius 1 is 1.42 bits per heavy atom. The summed E-state index contributed by atoms with van der Waals surface area (Å²) in [5.74, 6) is -1.08. The number of aliphatic hydroxyl groups is 1. The second-order valence-electron chi connectivity index (χ2n) is 5.47. The lowest BCUT2D eigenvalue weighted by atomic mass is 10.0. The molecule has 2 rings (SSSR count). The van der Waals surface area contributed by atoms with Crippen LogP contribution in [0.3, 0.4) is 0 Å². The van der Waals surface area contributed by atoms with Gasteiger partial charge in [0, 0.05) is 24.2 Å². The zero-order chi connectivity index (χ0) is 17.9. The smallest absolute Gasteiger partial charge is 0.335 e. The van der Waals surface area contributed by atoms with Crippen molar-refractivity contribution in [1.29, 1.82) is 0 Å². The number of nitro groups is 1. The van der Waals surface area contributed by atoms with Gasteiger partial charge in [0.05, 0.1) is 23.6 Å². The summed E-state index contributed by atoms with van der Waals surface area (Å²) in [5.41, 5.74) is 0.0675. The highest BCUT2D eigenvalue weighted by Crippen LogP contribution is 2.26. The largest absolute Gasteiger partial charge is 0.466 e. The minimum atomic E-state index is -1.22. The topological polar surface area (TPSA) is 110 Å². The first-order valence-corrected chi connectivity index (χ1v) is 7.37. The van der Waals surface area contributed by atoms with Gasteiger partial charge in [0.1, 0.15) is 6.10 Å². The van der Waals surface area contributed by atoms with Crippen LogP contribution in [0, 0.1) is 10.1 Å². The number of nitro benzene ring substituents is 1. The van der Waals surface area contributed by atoms with Crippen molar-refractivity contribution in [3.05, 3.63) is 52.1 Å². The number of aliphatic hydroxyl groups excluding tert-OH is 1. The van der Waals surface area contributed by atoms with Gasteiger partial charge in [0.25, 0.3) is 11.6 Å². The van der Waals surface area contributed by atoms with E-state index in [1.54, 1.807) is 0 Å². The zero-order valence-electron chi connectivity index (χ0n) is 13.2. The molecule has 0 saturated carbocycles. The quantitative estimate of drug-likeness (QED) is 0.376. The predicted molar refractivity (Wildman–Crippen MR) is 84.3 cm³/mol. The van der Waals surface area contributed by atoms with Crippen molar-refractivity contribution in [1.82, 2.24) is 4.90 Å². The van der Waals surface area contributed by atoms with Crippen LogP contribution in [0.1, 0.15) is 23.2 Å². The number of nitrogens with zero attached hydrogens (tertiary/aromatic N) is 2. The van der Waals surface area contributed by atoms with E-state index in [1.807, 2.05) is 0 Å². The van der Waals surface area contributed by atoms with Crippen LogP contribution in [-0.4, -0.2) is 52.6 Å². The van der Waals surface area contributed by atoms with Crippen molar-refractivity contribution in [3.8, 4) is 0 Å². The number of benzene rings is 1. The molecule has 0 aliphatic carbocycles. The molecule has 1 N–H and O–H groups in total. The van der Waals surface area contributed by atoms with E-state index in [-0.39, 0.29) is 22.7 Å². The maximum atomic E-state index is 12.6. The maximum Gasteiger partial charge on any atom is 0.335 e. The molecule has 1 heterocycles. The number of hydrogen-bond donors (Lipinski definition) is 1. The van der Waals surface area contributed by atoms with Crippen LogP contribution >= 0.6 is 0 Å². The summed E-state index contributed by atoms with van der Waals surface area (Å²) in [4.78, 5) is 35.7. The highest BCUT2D eigenvalue weighted by atomic mass is 16.6. The molecule has 1 aromatic rings. The predicted octanol–water partition coefficient (Wildman–Crippen LogP) is 1.29. The zero-order valence-corrected chi connectivity index (χ0v) is 13.2. The normalized spacial score (nSPS) is 18.1. The first kappa shape index (κ1) is 17.6. The Balaban J connectivity index is 2.17. The Labute approximate surface area is 138 Å². The number of ether oxygens (including phenoxy) is 1. The summed E-state index contributed by atoms with van der Waals surface area (Å²) in [5, 5.41) is 21.0. The fourth-order valence-electron chi connectivity index (χ4n) is 2.75. The summed E-state index contributed by atoms with van der Waals surface area (Å²) in [7, 11) is 1.19. The van der Waals surface area contributed by atoms with Gasteiger partial charge in [-0.05, 0) is 25.0 Å². The van der Waals surface area contributed by atoms with E-state index in [4.69, 9.17) is 0 Å². The number of hydrogen-bond acceptors (Lipinski definition) is 6. The van der Waals surface area contributed by atoms with Crippen LogP contribution < -0.4 is 0 Å².